The molecule has 96 valence electrons. The van der Waals surface area contributed by atoms with Crippen LogP contribution in [-0.2, 0) is 0 Å². The Hall–Kier alpha value is -0.340. The molecule has 0 aromatic heterocycles. The van der Waals surface area contributed by atoms with Gasteiger partial charge in [-0.3, -0.25) is 4.90 Å². The zero-order valence-corrected chi connectivity index (χ0v) is 11.8. The molecule has 0 aliphatic rings. The van der Waals surface area contributed by atoms with Crippen LogP contribution in [0.2, 0.25) is 0 Å². The molecule has 0 aliphatic carbocycles. The summed E-state index contributed by atoms with van der Waals surface area (Å²) in [5.74, 6) is 0.673. The van der Waals surface area contributed by atoms with E-state index in [1.807, 2.05) is 6.08 Å². The molecular weight excluding hydrogens is 196 g/mol. The highest BCUT2D eigenvalue weighted by Gasteiger charge is 2.22. The monoisotopic (exact) mass is 226 g/mol. The lowest BCUT2D eigenvalue weighted by Gasteiger charge is -2.37. The van der Waals surface area contributed by atoms with Crippen LogP contribution >= 0.6 is 0 Å². The Balaban J connectivity index is 4.38. The lowest BCUT2D eigenvalue weighted by Crippen LogP contribution is -2.49. The third-order valence-electron chi connectivity index (χ3n) is 2.98. The van der Waals surface area contributed by atoms with Crippen LogP contribution in [-0.4, -0.2) is 36.6 Å². The van der Waals surface area contributed by atoms with Crippen LogP contribution in [0.4, 0.5) is 0 Å². The number of hydrogen-bond donors (Lipinski definition) is 1. The van der Waals surface area contributed by atoms with Gasteiger partial charge in [-0.25, -0.2) is 0 Å². The highest BCUT2D eigenvalue weighted by Crippen LogP contribution is 2.13. The zero-order chi connectivity index (χ0) is 12.6. The van der Waals surface area contributed by atoms with Crippen LogP contribution in [0.15, 0.2) is 12.7 Å². The first kappa shape index (κ1) is 15.7. The quantitative estimate of drug-likeness (QED) is 0.480. The first-order valence-corrected chi connectivity index (χ1v) is 6.61. The van der Waals surface area contributed by atoms with Gasteiger partial charge in [0, 0.05) is 25.2 Å². The molecule has 0 rings (SSSR count). The fourth-order valence-corrected chi connectivity index (χ4v) is 2.04. The van der Waals surface area contributed by atoms with Crippen molar-refractivity contribution >= 4 is 0 Å². The third kappa shape index (κ3) is 5.66. The van der Waals surface area contributed by atoms with Crippen molar-refractivity contribution in [3.63, 3.8) is 0 Å². The molecule has 0 spiro atoms. The van der Waals surface area contributed by atoms with Gasteiger partial charge in [-0.05, 0) is 32.7 Å². The minimum atomic E-state index is 0.578. The van der Waals surface area contributed by atoms with Crippen LogP contribution in [0, 0.1) is 5.92 Å². The lowest BCUT2D eigenvalue weighted by atomic mass is 10.0. The first-order valence-electron chi connectivity index (χ1n) is 6.61. The third-order valence-corrected chi connectivity index (χ3v) is 2.98. The molecule has 0 amide bonds. The molecule has 1 unspecified atom stereocenters. The van der Waals surface area contributed by atoms with Gasteiger partial charge in [0.05, 0.1) is 0 Å². The van der Waals surface area contributed by atoms with Crippen molar-refractivity contribution in [3.8, 4) is 0 Å². The molecular formula is C14H30N2. The molecule has 0 saturated heterocycles. The van der Waals surface area contributed by atoms with Gasteiger partial charge in [-0.15, -0.1) is 6.58 Å². The predicted octanol–water partition coefficient (Wildman–Crippen LogP) is 2.91. The van der Waals surface area contributed by atoms with Gasteiger partial charge in [0.1, 0.15) is 0 Å². The molecule has 0 heterocycles. The molecule has 2 nitrogen and oxygen atoms in total. The van der Waals surface area contributed by atoms with Crippen molar-refractivity contribution < 1.29 is 0 Å². The molecule has 0 aliphatic heterocycles. The second-order valence-electron chi connectivity index (χ2n) is 5.09. The minimum absolute atomic E-state index is 0.578. The molecule has 2 heteroatoms. The Kier molecular flexibility index (Phi) is 8.58. The normalized spacial score (nSPS) is 13.8. The van der Waals surface area contributed by atoms with Crippen molar-refractivity contribution in [1.82, 2.24) is 10.2 Å². The topological polar surface area (TPSA) is 15.3 Å². The number of hydrogen-bond acceptors (Lipinski definition) is 2. The van der Waals surface area contributed by atoms with Crippen molar-refractivity contribution in [1.29, 1.82) is 0 Å². The fraction of sp³-hybridized carbons (Fsp3) is 0.857. The average molecular weight is 226 g/mol. The van der Waals surface area contributed by atoms with E-state index in [4.69, 9.17) is 0 Å². The second-order valence-corrected chi connectivity index (χ2v) is 5.09. The van der Waals surface area contributed by atoms with E-state index in [9.17, 15) is 0 Å². The molecule has 1 atom stereocenters. The van der Waals surface area contributed by atoms with Gasteiger partial charge in [0.25, 0.3) is 0 Å². The maximum Gasteiger partial charge on any atom is 0.0249 e. The van der Waals surface area contributed by atoms with E-state index in [-0.39, 0.29) is 0 Å². The van der Waals surface area contributed by atoms with Crippen molar-refractivity contribution in [2.45, 2.75) is 53.1 Å². The Morgan fingerprint density at radius 1 is 1.25 bits per heavy atom. The zero-order valence-electron chi connectivity index (χ0n) is 11.8. The van der Waals surface area contributed by atoms with Gasteiger partial charge in [-0.1, -0.05) is 26.8 Å². The summed E-state index contributed by atoms with van der Waals surface area (Å²) in [7, 11) is 0. The fourth-order valence-electron chi connectivity index (χ4n) is 2.04. The summed E-state index contributed by atoms with van der Waals surface area (Å²) < 4.78 is 0. The van der Waals surface area contributed by atoms with E-state index in [1.54, 1.807) is 0 Å². The van der Waals surface area contributed by atoms with Crippen molar-refractivity contribution in [2.75, 3.05) is 19.6 Å². The Labute approximate surface area is 102 Å². The minimum Gasteiger partial charge on any atom is -0.315 e. The van der Waals surface area contributed by atoms with Gasteiger partial charge in [0.15, 0.2) is 0 Å². The van der Waals surface area contributed by atoms with Gasteiger partial charge in [-0.2, -0.15) is 0 Å². The summed E-state index contributed by atoms with van der Waals surface area (Å²) in [4.78, 5) is 2.53. The maximum absolute atomic E-state index is 3.86. The van der Waals surface area contributed by atoms with E-state index >= 15 is 0 Å². The highest BCUT2D eigenvalue weighted by molar-refractivity contribution is 4.84. The lowest BCUT2D eigenvalue weighted by molar-refractivity contribution is 0.131. The van der Waals surface area contributed by atoms with Crippen LogP contribution in [0.1, 0.15) is 41.0 Å². The van der Waals surface area contributed by atoms with E-state index in [0.717, 1.165) is 19.6 Å². The number of rotatable bonds is 9. The summed E-state index contributed by atoms with van der Waals surface area (Å²) >= 11 is 0. The average Bonchev–Trinajstić information content (AvgIpc) is 2.21. The molecule has 0 aromatic carbocycles. The van der Waals surface area contributed by atoms with E-state index in [2.05, 4.69) is 51.4 Å². The molecule has 0 fully saturated rings. The SMILES string of the molecule is C=CCN(C(C)C)C(CNCCC)C(C)C. The molecule has 0 aromatic rings. The number of nitrogens with zero attached hydrogens (tertiary/aromatic N) is 1. The predicted molar refractivity (Wildman–Crippen MR) is 73.8 cm³/mol. The largest absolute Gasteiger partial charge is 0.315 e. The van der Waals surface area contributed by atoms with Crippen molar-refractivity contribution in [2.24, 2.45) is 5.92 Å². The summed E-state index contributed by atoms with van der Waals surface area (Å²) in [6, 6.07) is 1.18. The van der Waals surface area contributed by atoms with E-state index in [0.29, 0.717) is 18.0 Å². The summed E-state index contributed by atoms with van der Waals surface area (Å²) in [5.41, 5.74) is 0. The molecule has 0 bridgehead atoms. The molecule has 1 N–H and O–H groups in total. The van der Waals surface area contributed by atoms with Crippen LogP contribution < -0.4 is 5.32 Å². The Morgan fingerprint density at radius 3 is 2.25 bits per heavy atom. The Bertz CT molecular complexity index is 176. The number of nitrogens with one attached hydrogen (secondary N) is 1. The second kappa shape index (κ2) is 8.77. The van der Waals surface area contributed by atoms with Crippen LogP contribution in [0.5, 0.6) is 0 Å². The van der Waals surface area contributed by atoms with Crippen molar-refractivity contribution in [3.05, 3.63) is 12.7 Å². The molecule has 0 radical (unpaired) electrons. The van der Waals surface area contributed by atoms with Gasteiger partial charge < -0.3 is 5.32 Å². The summed E-state index contributed by atoms with van der Waals surface area (Å²) in [6.07, 6.45) is 3.21. The van der Waals surface area contributed by atoms with E-state index < -0.39 is 0 Å². The van der Waals surface area contributed by atoms with Crippen LogP contribution in [0.25, 0.3) is 0 Å². The van der Waals surface area contributed by atoms with Gasteiger partial charge >= 0.3 is 0 Å². The summed E-state index contributed by atoms with van der Waals surface area (Å²) in [5, 5.41) is 3.53. The summed E-state index contributed by atoms with van der Waals surface area (Å²) in [6.45, 7) is 18.4. The van der Waals surface area contributed by atoms with Gasteiger partial charge in [0.2, 0.25) is 0 Å². The standard InChI is InChI=1S/C14H30N2/c1-7-9-15-11-14(12(3)4)16(10-8-2)13(5)6/h8,12-15H,2,7,9-11H2,1,3-6H3. The smallest absolute Gasteiger partial charge is 0.0249 e. The van der Waals surface area contributed by atoms with E-state index in [1.165, 1.54) is 6.42 Å². The first-order chi connectivity index (χ1) is 7.54. The molecule has 16 heavy (non-hydrogen) atoms. The Morgan fingerprint density at radius 2 is 1.88 bits per heavy atom. The highest BCUT2D eigenvalue weighted by atomic mass is 15.2. The van der Waals surface area contributed by atoms with Crippen LogP contribution in [0.3, 0.4) is 0 Å². The maximum atomic E-state index is 3.86. The molecule has 0 saturated carbocycles.